The van der Waals surface area contributed by atoms with Crippen molar-refractivity contribution in [3.8, 4) is 44.9 Å². The zero-order valence-electron chi connectivity index (χ0n) is 51.0. The Labute approximate surface area is 547 Å². The standard InChI is InChI=1S/C85H58B2N4OS/c1-57-25-24-38-70(62-30-12-4-13-31-62)85(57)91-76-56-81-74(55-73(76)87-72-40-21-23-42-79(72)92-80-53-68(51-77(91)83(80)87)88(63-32-14-5-15-33-63)64-34-16-6-17-35-64)86-71-39-20-22-41-75(71)90(65-36-18-7-19-37-65)78-52-69(54-82(93-81)84(78)86)89(66-47-43-60(44-48-66)58-26-8-2-9-27-58)67-49-45-61(46-50-67)59-28-10-3-11-29-59/h2-56H,1H3. The molecular formula is C85H58B2N4OS. The van der Waals surface area contributed by atoms with Gasteiger partial charge in [0.05, 0.1) is 11.4 Å². The second-order valence-electron chi connectivity index (χ2n) is 24.4. The summed E-state index contributed by atoms with van der Waals surface area (Å²) in [6, 6.07) is 122. The van der Waals surface area contributed by atoms with Crippen molar-refractivity contribution in [1.29, 1.82) is 0 Å². The molecule has 5 nitrogen and oxygen atoms in total. The number of aryl methyl sites for hydroxylation is 1. The number of fused-ring (bicyclic) bond motifs is 8. The molecule has 18 rings (SSSR count). The van der Waals surface area contributed by atoms with E-state index in [1.165, 1.54) is 59.5 Å². The van der Waals surface area contributed by atoms with Gasteiger partial charge in [0.15, 0.2) is 0 Å². The summed E-state index contributed by atoms with van der Waals surface area (Å²) >= 11 is 1.90. The van der Waals surface area contributed by atoms with Gasteiger partial charge in [0.25, 0.3) is 6.71 Å². The molecule has 8 heteroatoms. The fraction of sp³-hybridized carbons (Fsp3) is 0.0118. The quantitative estimate of drug-likeness (QED) is 0.120. The maximum Gasteiger partial charge on any atom is 0.256 e. The molecule has 4 aliphatic heterocycles. The van der Waals surface area contributed by atoms with E-state index in [9.17, 15) is 0 Å². The SMILES string of the molecule is Cc1cccc(-c2ccccc2)c1N1c2cc3c(cc2B2c4ccccc4Oc4cc(N(c5ccccc5)c5ccccc5)cc1c42)B1c2ccccc2N(c2ccccc2)c2cc(N(c4ccc(-c5ccccc5)cc4)c4ccc(-c5ccccc5)cc4)cc(c21)S3. The zero-order chi connectivity index (χ0) is 61.5. The van der Waals surface area contributed by atoms with E-state index in [0.29, 0.717) is 0 Å². The summed E-state index contributed by atoms with van der Waals surface area (Å²) in [5, 5.41) is 0. The van der Waals surface area contributed by atoms with E-state index in [2.05, 4.69) is 360 Å². The van der Waals surface area contributed by atoms with E-state index < -0.39 is 0 Å². The van der Waals surface area contributed by atoms with Gasteiger partial charge in [-0.3, -0.25) is 0 Å². The second kappa shape index (κ2) is 22.5. The summed E-state index contributed by atoms with van der Waals surface area (Å²) in [4.78, 5) is 12.4. The molecule has 14 aromatic carbocycles. The Morgan fingerprint density at radius 1 is 0.301 bits per heavy atom. The maximum absolute atomic E-state index is 7.34. The maximum atomic E-state index is 7.34. The number of para-hydroxylation sites is 6. The van der Waals surface area contributed by atoms with Crippen molar-refractivity contribution in [3.05, 3.63) is 339 Å². The third kappa shape index (κ3) is 9.19. The van der Waals surface area contributed by atoms with E-state index in [0.717, 1.165) is 102 Å². The van der Waals surface area contributed by atoms with Gasteiger partial charge < -0.3 is 24.3 Å². The molecule has 0 aromatic heterocycles. The van der Waals surface area contributed by atoms with Gasteiger partial charge >= 0.3 is 0 Å². The first kappa shape index (κ1) is 54.5. The van der Waals surface area contributed by atoms with Crippen molar-refractivity contribution in [2.45, 2.75) is 16.7 Å². The van der Waals surface area contributed by atoms with Gasteiger partial charge in [0, 0.05) is 78.3 Å². The lowest BCUT2D eigenvalue weighted by Gasteiger charge is -2.44. The van der Waals surface area contributed by atoms with Crippen LogP contribution in [-0.2, 0) is 0 Å². The molecule has 0 atom stereocenters. The number of rotatable bonds is 11. The molecule has 0 saturated carbocycles. The average Bonchev–Trinajstić information content (AvgIpc) is 0.700. The lowest BCUT2D eigenvalue weighted by molar-refractivity contribution is 0.487. The monoisotopic (exact) mass is 1200 g/mol. The van der Waals surface area contributed by atoms with Crippen molar-refractivity contribution in [3.63, 3.8) is 0 Å². The Bertz CT molecular complexity index is 5060. The van der Waals surface area contributed by atoms with Crippen LogP contribution in [0.3, 0.4) is 0 Å². The summed E-state index contributed by atoms with van der Waals surface area (Å²) < 4.78 is 7.34. The molecule has 0 saturated heterocycles. The van der Waals surface area contributed by atoms with Crippen LogP contribution in [0.2, 0.25) is 0 Å². The fourth-order valence-electron chi connectivity index (χ4n) is 14.9. The molecule has 0 aliphatic carbocycles. The predicted octanol–water partition coefficient (Wildman–Crippen LogP) is 19.1. The largest absolute Gasteiger partial charge is 0.458 e. The first-order valence-electron chi connectivity index (χ1n) is 32.0. The smallest absolute Gasteiger partial charge is 0.256 e. The van der Waals surface area contributed by atoms with E-state index in [4.69, 9.17) is 4.74 Å². The Morgan fingerprint density at radius 3 is 1.40 bits per heavy atom. The first-order valence-corrected chi connectivity index (χ1v) is 32.8. The molecule has 0 spiro atoms. The molecule has 0 unspecified atom stereocenters. The highest BCUT2D eigenvalue weighted by molar-refractivity contribution is 8.00. The van der Waals surface area contributed by atoms with Gasteiger partial charge in [-0.25, -0.2) is 0 Å². The highest BCUT2D eigenvalue weighted by Crippen LogP contribution is 2.52. The Kier molecular flexibility index (Phi) is 13.2. The zero-order valence-corrected chi connectivity index (χ0v) is 51.8. The van der Waals surface area contributed by atoms with Gasteiger partial charge in [-0.2, -0.15) is 0 Å². The predicted molar refractivity (Wildman–Crippen MR) is 393 cm³/mol. The van der Waals surface area contributed by atoms with Crippen LogP contribution in [0, 0.1) is 6.92 Å². The summed E-state index contributed by atoms with van der Waals surface area (Å²) in [6.07, 6.45) is 0. The van der Waals surface area contributed by atoms with Crippen molar-refractivity contribution < 1.29 is 4.74 Å². The molecule has 0 bridgehead atoms. The van der Waals surface area contributed by atoms with Crippen LogP contribution in [0.25, 0.3) is 33.4 Å². The molecule has 0 N–H and O–H groups in total. The highest BCUT2D eigenvalue weighted by Gasteiger charge is 2.47. The normalized spacial score (nSPS) is 12.7. The van der Waals surface area contributed by atoms with Crippen LogP contribution in [0.1, 0.15) is 5.56 Å². The topological polar surface area (TPSA) is 22.2 Å². The molecule has 0 fully saturated rings. The van der Waals surface area contributed by atoms with Crippen LogP contribution in [-0.4, -0.2) is 13.4 Å². The van der Waals surface area contributed by atoms with Crippen molar-refractivity contribution >= 4 is 126 Å². The number of hydrogen-bond donors (Lipinski definition) is 0. The van der Waals surface area contributed by atoms with Gasteiger partial charge in [0.1, 0.15) is 11.5 Å². The molecular weight excluding hydrogens is 1150 g/mol. The molecule has 0 radical (unpaired) electrons. The van der Waals surface area contributed by atoms with Crippen LogP contribution in [0.5, 0.6) is 11.5 Å². The van der Waals surface area contributed by atoms with Gasteiger partial charge in [-0.15, -0.1) is 0 Å². The van der Waals surface area contributed by atoms with Crippen LogP contribution in [0.4, 0.5) is 68.2 Å². The third-order valence-electron chi connectivity index (χ3n) is 19.0. The minimum absolute atomic E-state index is 0.110. The molecule has 0 amide bonds. The molecule has 14 aromatic rings. The van der Waals surface area contributed by atoms with Gasteiger partial charge in [-0.05, 0) is 165 Å². The first-order chi connectivity index (χ1) is 46.1. The Balaban J connectivity index is 0.897. The Morgan fingerprint density at radius 2 is 0.785 bits per heavy atom. The van der Waals surface area contributed by atoms with Gasteiger partial charge in [-0.1, -0.05) is 248 Å². The molecule has 4 heterocycles. The van der Waals surface area contributed by atoms with Crippen LogP contribution in [0.15, 0.2) is 343 Å². The molecule has 436 valence electrons. The summed E-state index contributed by atoms with van der Waals surface area (Å²) in [6.45, 7) is 2.00. The minimum Gasteiger partial charge on any atom is -0.458 e. The van der Waals surface area contributed by atoms with Crippen molar-refractivity contribution in [2.24, 2.45) is 0 Å². The van der Waals surface area contributed by atoms with Crippen LogP contribution < -0.4 is 57.1 Å². The van der Waals surface area contributed by atoms with Crippen molar-refractivity contribution in [2.75, 3.05) is 19.6 Å². The number of nitrogens with zero attached hydrogens (tertiary/aromatic N) is 4. The minimum atomic E-state index is -0.167. The number of anilines is 12. The average molecular weight is 1210 g/mol. The number of benzene rings is 14. The Hall–Kier alpha value is -11.4. The van der Waals surface area contributed by atoms with Gasteiger partial charge in [0.2, 0.25) is 6.71 Å². The second-order valence-corrected chi connectivity index (χ2v) is 25.5. The fourth-order valence-corrected chi connectivity index (χ4v) is 16.1. The van der Waals surface area contributed by atoms with E-state index in [1.54, 1.807) is 0 Å². The van der Waals surface area contributed by atoms with Crippen LogP contribution >= 0.6 is 11.8 Å². The summed E-state index contributed by atoms with van der Waals surface area (Å²) in [7, 11) is 0. The molecule has 4 aliphatic rings. The number of ether oxygens (including phenoxy) is 1. The number of hydrogen-bond acceptors (Lipinski definition) is 6. The van der Waals surface area contributed by atoms with Crippen molar-refractivity contribution in [1.82, 2.24) is 0 Å². The summed E-state index contributed by atoms with van der Waals surface area (Å²) in [5.74, 6) is 1.71. The molecule has 93 heavy (non-hydrogen) atoms. The highest BCUT2D eigenvalue weighted by atomic mass is 32.2. The van der Waals surface area contributed by atoms with E-state index in [-0.39, 0.29) is 13.4 Å². The third-order valence-corrected chi connectivity index (χ3v) is 20.2. The lowest BCUT2D eigenvalue weighted by atomic mass is 9.31. The lowest BCUT2D eigenvalue weighted by Crippen LogP contribution is -2.63. The summed E-state index contributed by atoms with van der Waals surface area (Å²) in [5.41, 5.74) is 28.7. The van der Waals surface area contributed by atoms with E-state index in [1.807, 2.05) is 11.8 Å². The van der Waals surface area contributed by atoms with E-state index >= 15 is 0 Å².